The van der Waals surface area contributed by atoms with Gasteiger partial charge in [0.25, 0.3) is 5.91 Å². The number of halogens is 1. The van der Waals surface area contributed by atoms with Crippen molar-refractivity contribution in [3.8, 4) is 5.75 Å². The molecule has 27 heavy (non-hydrogen) atoms. The molecule has 0 saturated heterocycles. The first-order valence-corrected chi connectivity index (χ1v) is 8.46. The number of benzene rings is 2. The number of nitrogens with zero attached hydrogens (tertiary/aromatic N) is 2. The number of hydrogen-bond acceptors (Lipinski definition) is 5. The summed E-state index contributed by atoms with van der Waals surface area (Å²) in [5.41, 5.74) is 1.02. The van der Waals surface area contributed by atoms with Crippen LogP contribution >= 0.6 is 0 Å². The Balaban J connectivity index is 1.77. The zero-order chi connectivity index (χ0) is 19.2. The molecule has 0 aliphatic heterocycles. The highest BCUT2D eigenvalue weighted by molar-refractivity contribution is 6.03. The Labute approximate surface area is 156 Å². The van der Waals surface area contributed by atoms with Crippen LogP contribution in [0.3, 0.4) is 0 Å². The predicted octanol–water partition coefficient (Wildman–Crippen LogP) is 4.32. The second-order valence-electron chi connectivity index (χ2n) is 5.70. The van der Waals surface area contributed by atoms with E-state index in [2.05, 4.69) is 20.6 Å². The summed E-state index contributed by atoms with van der Waals surface area (Å²) < 4.78 is 19.1. The highest BCUT2D eigenvalue weighted by Gasteiger charge is 2.13. The van der Waals surface area contributed by atoms with Gasteiger partial charge in [-0.3, -0.25) is 4.79 Å². The highest BCUT2D eigenvalue weighted by Crippen LogP contribution is 2.20. The van der Waals surface area contributed by atoms with Crippen molar-refractivity contribution in [2.75, 3.05) is 17.2 Å². The molecular weight excluding hydrogens is 347 g/mol. The van der Waals surface area contributed by atoms with Crippen LogP contribution in [0.1, 0.15) is 23.2 Å². The summed E-state index contributed by atoms with van der Waals surface area (Å²) >= 11 is 0. The van der Waals surface area contributed by atoms with Crippen LogP contribution in [0.25, 0.3) is 0 Å². The average Bonchev–Trinajstić information content (AvgIpc) is 2.65. The molecule has 0 aliphatic carbocycles. The van der Waals surface area contributed by atoms with Gasteiger partial charge in [-0.2, -0.15) is 0 Å². The highest BCUT2D eigenvalue weighted by atomic mass is 19.1. The summed E-state index contributed by atoms with van der Waals surface area (Å²) in [5.74, 6) is 0.631. The van der Waals surface area contributed by atoms with Crippen molar-refractivity contribution in [2.24, 2.45) is 0 Å². The molecule has 0 unspecified atom stereocenters. The Morgan fingerprint density at radius 2 is 1.85 bits per heavy atom. The number of hydrogen-bond donors (Lipinski definition) is 2. The van der Waals surface area contributed by atoms with Crippen LogP contribution < -0.4 is 15.4 Å². The lowest BCUT2D eigenvalue weighted by Crippen LogP contribution is -2.16. The summed E-state index contributed by atoms with van der Waals surface area (Å²) in [6.07, 6.45) is 0. The molecule has 0 bridgehead atoms. The second-order valence-corrected chi connectivity index (χ2v) is 5.70. The van der Waals surface area contributed by atoms with Crippen LogP contribution in [0.5, 0.6) is 5.75 Å². The van der Waals surface area contributed by atoms with Crippen LogP contribution in [0.2, 0.25) is 0 Å². The van der Waals surface area contributed by atoms with Crippen LogP contribution in [0.4, 0.5) is 21.6 Å². The summed E-state index contributed by atoms with van der Waals surface area (Å²) in [7, 11) is 0. The Morgan fingerprint density at radius 3 is 2.56 bits per heavy atom. The van der Waals surface area contributed by atoms with E-state index in [0.717, 1.165) is 11.4 Å². The van der Waals surface area contributed by atoms with Crippen LogP contribution in [-0.2, 0) is 0 Å². The van der Waals surface area contributed by atoms with E-state index in [1.807, 2.05) is 31.2 Å². The van der Waals surface area contributed by atoms with E-state index in [4.69, 9.17) is 4.74 Å². The number of carbonyl (C=O) groups is 1. The van der Waals surface area contributed by atoms with Gasteiger partial charge in [0, 0.05) is 11.8 Å². The number of rotatable bonds is 6. The van der Waals surface area contributed by atoms with Gasteiger partial charge in [0.15, 0.2) is 0 Å². The number of nitrogens with one attached hydrogen (secondary N) is 2. The summed E-state index contributed by atoms with van der Waals surface area (Å²) in [4.78, 5) is 20.8. The fraction of sp³-hybridized carbons (Fsp3) is 0.150. The lowest BCUT2D eigenvalue weighted by molar-refractivity contribution is 0.102. The number of aromatic nitrogens is 2. The molecule has 0 spiro atoms. The lowest BCUT2D eigenvalue weighted by Gasteiger charge is -2.10. The van der Waals surface area contributed by atoms with E-state index in [1.54, 1.807) is 19.1 Å². The number of aryl methyl sites for hydroxylation is 1. The van der Waals surface area contributed by atoms with Gasteiger partial charge in [-0.05, 0) is 50.2 Å². The van der Waals surface area contributed by atoms with E-state index in [9.17, 15) is 9.18 Å². The molecule has 7 heteroatoms. The minimum Gasteiger partial charge on any atom is -0.494 e. The molecule has 138 valence electrons. The third kappa shape index (κ3) is 4.78. The van der Waals surface area contributed by atoms with Crippen LogP contribution in [-0.4, -0.2) is 22.5 Å². The number of amides is 1. The summed E-state index contributed by atoms with van der Waals surface area (Å²) in [6.45, 7) is 4.20. The third-order valence-electron chi connectivity index (χ3n) is 3.63. The smallest absolute Gasteiger partial charge is 0.274 e. The van der Waals surface area contributed by atoms with Crippen molar-refractivity contribution < 1.29 is 13.9 Å². The molecule has 1 aromatic heterocycles. The average molecular weight is 366 g/mol. The maximum atomic E-state index is 13.7. The van der Waals surface area contributed by atoms with E-state index in [-0.39, 0.29) is 11.4 Å². The summed E-state index contributed by atoms with van der Waals surface area (Å²) in [5, 5.41) is 5.64. The topological polar surface area (TPSA) is 76.1 Å². The van der Waals surface area contributed by atoms with E-state index >= 15 is 0 Å². The van der Waals surface area contributed by atoms with Gasteiger partial charge in [-0.25, -0.2) is 14.4 Å². The molecule has 0 radical (unpaired) electrons. The van der Waals surface area contributed by atoms with Crippen molar-refractivity contribution in [3.63, 3.8) is 0 Å². The molecule has 2 aromatic carbocycles. The molecule has 1 heterocycles. The van der Waals surface area contributed by atoms with Gasteiger partial charge >= 0.3 is 0 Å². The number of ether oxygens (including phenoxy) is 1. The molecule has 3 aromatic rings. The Morgan fingerprint density at radius 1 is 1.11 bits per heavy atom. The minimum absolute atomic E-state index is 0.0970. The Hall–Kier alpha value is -3.48. The van der Waals surface area contributed by atoms with Crippen molar-refractivity contribution in [1.29, 1.82) is 0 Å². The second kappa shape index (κ2) is 8.27. The lowest BCUT2D eigenvalue weighted by atomic mass is 10.2. The van der Waals surface area contributed by atoms with Crippen molar-refractivity contribution in [2.45, 2.75) is 13.8 Å². The number of anilines is 3. The first kappa shape index (κ1) is 18.3. The van der Waals surface area contributed by atoms with Crippen molar-refractivity contribution >= 4 is 23.1 Å². The normalized spacial score (nSPS) is 10.3. The maximum Gasteiger partial charge on any atom is 0.274 e. The molecule has 3 rings (SSSR count). The Kier molecular flexibility index (Phi) is 5.61. The zero-order valence-corrected chi connectivity index (χ0v) is 15.0. The molecular formula is C20H19FN4O2. The third-order valence-corrected chi connectivity index (χ3v) is 3.63. The zero-order valence-electron chi connectivity index (χ0n) is 15.0. The first-order chi connectivity index (χ1) is 13.0. The van der Waals surface area contributed by atoms with Gasteiger partial charge in [0.2, 0.25) is 0 Å². The fourth-order valence-corrected chi connectivity index (χ4v) is 2.45. The van der Waals surface area contributed by atoms with Crippen LogP contribution in [0.15, 0.2) is 54.6 Å². The van der Waals surface area contributed by atoms with Gasteiger partial charge < -0.3 is 15.4 Å². The predicted molar refractivity (Wildman–Crippen MR) is 102 cm³/mol. The van der Waals surface area contributed by atoms with Gasteiger partial charge in [0.1, 0.15) is 28.9 Å². The van der Waals surface area contributed by atoms with Crippen molar-refractivity contribution in [1.82, 2.24) is 9.97 Å². The van der Waals surface area contributed by atoms with Gasteiger partial charge in [-0.15, -0.1) is 0 Å². The largest absolute Gasteiger partial charge is 0.494 e. The van der Waals surface area contributed by atoms with E-state index in [0.29, 0.717) is 18.2 Å². The number of carbonyl (C=O) groups excluding carboxylic acids is 1. The number of para-hydroxylation sites is 1. The Bertz CT molecular complexity index is 945. The van der Waals surface area contributed by atoms with Crippen LogP contribution in [0, 0.1) is 12.7 Å². The molecule has 0 aliphatic rings. The monoisotopic (exact) mass is 366 g/mol. The maximum absolute atomic E-state index is 13.7. The minimum atomic E-state index is -0.514. The molecule has 0 atom stereocenters. The molecule has 0 saturated carbocycles. The van der Waals surface area contributed by atoms with Crippen molar-refractivity contribution in [3.05, 3.63) is 71.9 Å². The molecule has 1 amide bonds. The van der Waals surface area contributed by atoms with E-state index < -0.39 is 11.7 Å². The molecule has 0 fully saturated rings. The quantitative estimate of drug-likeness (QED) is 0.679. The SMILES string of the molecule is CCOc1ccc(Nc2cc(C(=O)Nc3ccccc3F)nc(C)n2)cc1. The van der Waals surface area contributed by atoms with Gasteiger partial charge in [-0.1, -0.05) is 12.1 Å². The van der Waals surface area contributed by atoms with E-state index in [1.165, 1.54) is 18.2 Å². The first-order valence-electron chi connectivity index (χ1n) is 8.46. The standard InChI is InChI=1S/C20H19FN4O2/c1-3-27-15-10-8-14(9-11-15)24-19-12-18(22-13(2)23-19)20(26)25-17-7-5-4-6-16(17)21/h4-12H,3H2,1-2H3,(H,25,26)(H,22,23,24). The molecule has 6 nitrogen and oxygen atoms in total. The van der Waals surface area contributed by atoms with Gasteiger partial charge in [0.05, 0.1) is 12.3 Å². The fourth-order valence-electron chi connectivity index (χ4n) is 2.45. The summed E-state index contributed by atoms with van der Waals surface area (Å²) in [6, 6.07) is 14.8. The molecule has 2 N–H and O–H groups in total.